The highest BCUT2D eigenvalue weighted by molar-refractivity contribution is 6.35. The quantitative estimate of drug-likeness (QED) is 0.493. The van der Waals surface area contributed by atoms with E-state index in [2.05, 4.69) is 21.8 Å². The molecule has 0 fully saturated rings. The molecule has 1 aromatic heterocycles. The van der Waals surface area contributed by atoms with Gasteiger partial charge in [-0.15, -0.1) is 0 Å². The van der Waals surface area contributed by atoms with Crippen molar-refractivity contribution >= 4 is 34.3 Å². The van der Waals surface area contributed by atoms with Crippen LogP contribution in [0.4, 0.5) is 0 Å². The highest BCUT2D eigenvalue weighted by Crippen LogP contribution is 2.28. The van der Waals surface area contributed by atoms with Crippen LogP contribution < -0.4 is 10.6 Å². The molecule has 0 aliphatic rings. The number of nitrogens with one attached hydrogen (secondary N) is 2. The van der Waals surface area contributed by atoms with E-state index in [9.17, 15) is 9.59 Å². The minimum atomic E-state index is -0.838. The Bertz CT molecular complexity index is 1210. The predicted octanol–water partition coefficient (Wildman–Crippen LogP) is 2.86. The second kappa shape index (κ2) is 10.0. The van der Waals surface area contributed by atoms with Gasteiger partial charge in [-0.2, -0.15) is 10.4 Å². The van der Waals surface area contributed by atoms with Crippen LogP contribution in [0.15, 0.2) is 42.5 Å². The van der Waals surface area contributed by atoms with Gasteiger partial charge in [-0.3, -0.25) is 14.3 Å². The third-order valence-electron chi connectivity index (χ3n) is 5.17. The Morgan fingerprint density at radius 3 is 2.52 bits per heavy atom. The van der Waals surface area contributed by atoms with Crippen molar-refractivity contribution in [1.82, 2.24) is 20.4 Å². The molecule has 33 heavy (non-hydrogen) atoms. The number of carbonyl (C=O) groups is 2. The fourth-order valence-corrected chi connectivity index (χ4v) is 3.76. The summed E-state index contributed by atoms with van der Waals surface area (Å²) in [6.45, 7) is 5.77. The summed E-state index contributed by atoms with van der Waals surface area (Å²) in [5.74, 6) is -0.885. The Balaban J connectivity index is 1.96. The molecule has 8 nitrogen and oxygen atoms in total. The van der Waals surface area contributed by atoms with Gasteiger partial charge in [-0.1, -0.05) is 56.6 Å². The number of aromatic nitrogens is 2. The summed E-state index contributed by atoms with van der Waals surface area (Å²) in [6.07, 6.45) is 0. The summed E-state index contributed by atoms with van der Waals surface area (Å²) in [6, 6.07) is 13.6. The van der Waals surface area contributed by atoms with E-state index < -0.39 is 17.4 Å². The fourth-order valence-electron chi connectivity index (χ4n) is 3.49. The van der Waals surface area contributed by atoms with Crippen LogP contribution in [0.1, 0.15) is 42.4 Å². The van der Waals surface area contributed by atoms with Gasteiger partial charge in [0.05, 0.1) is 35.3 Å². The first kappa shape index (κ1) is 24.2. The molecular weight excluding hydrogens is 442 g/mol. The number of nitrogens with zero attached hydrogens (tertiary/aromatic N) is 3. The van der Waals surface area contributed by atoms with Gasteiger partial charge in [-0.05, 0) is 29.2 Å². The number of carbonyl (C=O) groups excluding carboxylic acids is 2. The number of aliphatic hydroxyl groups is 1. The molecule has 0 saturated heterocycles. The van der Waals surface area contributed by atoms with Crippen LogP contribution in [-0.4, -0.2) is 45.9 Å². The number of aliphatic hydroxyl groups excluding tert-OH is 1. The highest BCUT2D eigenvalue weighted by Gasteiger charge is 2.34. The minimum absolute atomic E-state index is 0.0963. The summed E-state index contributed by atoms with van der Waals surface area (Å²) >= 11 is 6.46. The first-order valence-corrected chi connectivity index (χ1v) is 10.9. The molecule has 172 valence electrons. The van der Waals surface area contributed by atoms with Gasteiger partial charge < -0.3 is 15.7 Å². The number of fused-ring (bicyclic) bond motifs is 1. The van der Waals surface area contributed by atoms with Crippen molar-refractivity contribution in [1.29, 1.82) is 5.26 Å². The zero-order valence-corrected chi connectivity index (χ0v) is 19.5. The van der Waals surface area contributed by atoms with Gasteiger partial charge in [0.25, 0.3) is 5.91 Å². The number of hydrogen-bond acceptors (Lipinski definition) is 5. The maximum atomic E-state index is 13.3. The molecule has 0 radical (unpaired) electrons. The molecule has 2 aromatic carbocycles. The average molecular weight is 468 g/mol. The first-order valence-electron chi connectivity index (χ1n) is 10.5. The van der Waals surface area contributed by atoms with Gasteiger partial charge in [-0.25, -0.2) is 0 Å². The predicted molar refractivity (Wildman–Crippen MR) is 126 cm³/mol. The summed E-state index contributed by atoms with van der Waals surface area (Å²) in [5, 5.41) is 29.0. The monoisotopic (exact) mass is 467 g/mol. The van der Waals surface area contributed by atoms with Crippen LogP contribution in [0.3, 0.4) is 0 Å². The van der Waals surface area contributed by atoms with Crippen LogP contribution in [0.2, 0.25) is 5.02 Å². The van der Waals surface area contributed by atoms with Crippen LogP contribution in [0, 0.1) is 16.7 Å². The van der Waals surface area contributed by atoms with Gasteiger partial charge in [0.15, 0.2) is 5.69 Å². The van der Waals surface area contributed by atoms with Crippen molar-refractivity contribution < 1.29 is 14.7 Å². The standard InChI is InChI=1S/C24H26ClN5O3/c1-24(2,3)21(23(33)27-11-12-31)28-22(32)19-17-5-4-6-18(25)20(17)30(29-19)14-16-9-7-15(13-26)8-10-16/h4-10,21,31H,11-12,14H2,1-3H3,(H,27,33)(H,28,32). The lowest BCUT2D eigenvalue weighted by Gasteiger charge is -2.30. The van der Waals surface area contributed by atoms with E-state index in [0.29, 0.717) is 28.0 Å². The third kappa shape index (κ3) is 5.51. The van der Waals surface area contributed by atoms with Gasteiger partial charge in [0.2, 0.25) is 5.91 Å². The largest absolute Gasteiger partial charge is 0.395 e. The van der Waals surface area contributed by atoms with Crippen LogP contribution in [-0.2, 0) is 11.3 Å². The van der Waals surface area contributed by atoms with E-state index in [1.165, 1.54) is 0 Å². The van der Waals surface area contributed by atoms with Gasteiger partial charge in [0.1, 0.15) is 6.04 Å². The Morgan fingerprint density at radius 2 is 1.91 bits per heavy atom. The van der Waals surface area contributed by atoms with E-state index in [4.69, 9.17) is 22.0 Å². The normalized spacial score (nSPS) is 12.2. The SMILES string of the molecule is CC(C)(C)C(NC(=O)c1nn(Cc2ccc(C#N)cc2)c2c(Cl)cccc12)C(=O)NCCO. The molecule has 1 atom stereocenters. The van der Waals surface area contributed by atoms with Crippen LogP contribution >= 0.6 is 11.6 Å². The second-order valence-electron chi connectivity index (χ2n) is 8.74. The first-order chi connectivity index (χ1) is 15.7. The number of amides is 2. The maximum Gasteiger partial charge on any atom is 0.273 e. The molecule has 0 spiro atoms. The number of halogens is 1. The number of rotatable bonds is 7. The highest BCUT2D eigenvalue weighted by atomic mass is 35.5. The lowest BCUT2D eigenvalue weighted by Crippen LogP contribution is -2.54. The van der Waals surface area contributed by atoms with Crippen molar-refractivity contribution in [2.75, 3.05) is 13.2 Å². The number of benzene rings is 2. The van der Waals surface area contributed by atoms with E-state index in [1.807, 2.05) is 32.9 Å². The molecule has 0 aliphatic carbocycles. The second-order valence-corrected chi connectivity index (χ2v) is 9.15. The van der Waals surface area contributed by atoms with Gasteiger partial charge in [0, 0.05) is 11.9 Å². The molecule has 3 N–H and O–H groups in total. The van der Waals surface area contributed by atoms with Crippen molar-refractivity contribution in [2.45, 2.75) is 33.4 Å². The van der Waals surface area contributed by atoms with Crippen LogP contribution in [0.25, 0.3) is 10.9 Å². The Labute approximate surface area is 197 Å². The summed E-state index contributed by atoms with van der Waals surface area (Å²) in [5.41, 5.74) is 1.63. The summed E-state index contributed by atoms with van der Waals surface area (Å²) in [4.78, 5) is 25.9. The topological polar surface area (TPSA) is 120 Å². The molecule has 0 saturated carbocycles. The van der Waals surface area contributed by atoms with E-state index >= 15 is 0 Å². The molecule has 3 aromatic rings. The molecule has 2 amide bonds. The smallest absolute Gasteiger partial charge is 0.273 e. The summed E-state index contributed by atoms with van der Waals surface area (Å²) in [7, 11) is 0. The molecule has 0 aliphatic heterocycles. The molecule has 1 heterocycles. The molecule has 3 rings (SSSR count). The van der Waals surface area contributed by atoms with Crippen LogP contribution in [0.5, 0.6) is 0 Å². The van der Waals surface area contributed by atoms with E-state index in [0.717, 1.165) is 5.56 Å². The Kier molecular flexibility index (Phi) is 7.36. The summed E-state index contributed by atoms with van der Waals surface area (Å²) < 4.78 is 1.64. The fraction of sp³-hybridized carbons (Fsp3) is 0.333. The molecular formula is C24H26ClN5O3. The van der Waals surface area contributed by atoms with Gasteiger partial charge >= 0.3 is 0 Å². The zero-order valence-electron chi connectivity index (χ0n) is 18.7. The lowest BCUT2D eigenvalue weighted by atomic mass is 9.86. The minimum Gasteiger partial charge on any atom is -0.395 e. The van der Waals surface area contributed by atoms with Crippen molar-refractivity contribution in [2.24, 2.45) is 5.41 Å². The number of nitriles is 1. The lowest BCUT2D eigenvalue weighted by molar-refractivity contribution is -0.125. The van der Waals surface area contributed by atoms with Crippen molar-refractivity contribution in [3.05, 3.63) is 64.3 Å². The number of para-hydroxylation sites is 1. The molecule has 0 bridgehead atoms. The number of hydrogen-bond donors (Lipinski definition) is 3. The van der Waals surface area contributed by atoms with Crippen molar-refractivity contribution in [3.8, 4) is 6.07 Å². The Morgan fingerprint density at radius 1 is 1.21 bits per heavy atom. The maximum absolute atomic E-state index is 13.3. The van der Waals surface area contributed by atoms with E-state index in [-0.39, 0.29) is 24.8 Å². The average Bonchev–Trinajstić information content (AvgIpc) is 3.15. The van der Waals surface area contributed by atoms with E-state index in [1.54, 1.807) is 35.0 Å². The third-order valence-corrected chi connectivity index (χ3v) is 5.47. The van der Waals surface area contributed by atoms with Crippen molar-refractivity contribution in [3.63, 3.8) is 0 Å². The molecule has 9 heteroatoms. The Hall–Kier alpha value is -3.41. The zero-order chi connectivity index (χ0) is 24.2. The molecule has 1 unspecified atom stereocenters.